The highest BCUT2D eigenvalue weighted by atomic mass is 35.5. The van der Waals surface area contributed by atoms with Gasteiger partial charge in [-0.3, -0.25) is 14.9 Å². The van der Waals surface area contributed by atoms with Crippen molar-refractivity contribution in [1.82, 2.24) is 0 Å². The quantitative estimate of drug-likeness (QED) is 0.477. The molecule has 0 spiro atoms. The van der Waals surface area contributed by atoms with Crippen LogP contribution >= 0.6 is 11.6 Å². The number of carbonyl (C=O) groups is 1. The van der Waals surface area contributed by atoms with Crippen LogP contribution < -0.4 is 4.74 Å². The molecule has 0 heterocycles. The minimum atomic E-state index is -0.785. The van der Waals surface area contributed by atoms with Crippen LogP contribution in [-0.4, -0.2) is 10.7 Å². The Kier molecular flexibility index (Phi) is 4.18. The van der Waals surface area contributed by atoms with E-state index in [9.17, 15) is 19.3 Å². The summed E-state index contributed by atoms with van der Waals surface area (Å²) in [6.45, 7) is 1.30. The number of ether oxygens (including phenoxy) is 1. The Bertz CT molecular complexity index is 733. The van der Waals surface area contributed by atoms with E-state index >= 15 is 0 Å². The average Bonchev–Trinajstić information content (AvgIpc) is 2.42. The van der Waals surface area contributed by atoms with Gasteiger partial charge in [0.1, 0.15) is 0 Å². The zero-order valence-corrected chi connectivity index (χ0v) is 11.6. The largest absolute Gasteiger partial charge is 0.447 e. The van der Waals surface area contributed by atoms with Crippen LogP contribution in [0.5, 0.6) is 11.5 Å². The van der Waals surface area contributed by atoms with E-state index in [0.29, 0.717) is 0 Å². The lowest BCUT2D eigenvalue weighted by Crippen LogP contribution is -1.97. The summed E-state index contributed by atoms with van der Waals surface area (Å²) in [6.07, 6.45) is 0. The maximum Gasteiger partial charge on any atom is 0.313 e. The van der Waals surface area contributed by atoms with E-state index in [1.165, 1.54) is 31.2 Å². The molecule has 0 bridgehead atoms. The number of hydrogen-bond acceptors (Lipinski definition) is 4. The first-order valence-electron chi connectivity index (χ1n) is 5.81. The summed E-state index contributed by atoms with van der Waals surface area (Å²) in [5.74, 6) is -1.44. The van der Waals surface area contributed by atoms with Gasteiger partial charge in [-0.15, -0.1) is 0 Å². The third kappa shape index (κ3) is 3.35. The predicted octanol–water partition coefficient (Wildman–Crippen LogP) is 4.38. The highest BCUT2D eigenvalue weighted by Gasteiger charge is 2.18. The Labute approximate surface area is 124 Å². The molecular weight excluding hydrogens is 301 g/mol. The van der Waals surface area contributed by atoms with Crippen molar-refractivity contribution in [3.8, 4) is 11.5 Å². The molecule has 0 aromatic heterocycles. The molecule has 0 unspecified atom stereocenters. The number of halogens is 2. The summed E-state index contributed by atoms with van der Waals surface area (Å²) in [7, 11) is 0. The number of Topliss-reactive ketones (excluding diaryl/α,β-unsaturated/α-hetero) is 1. The van der Waals surface area contributed by atoms with E-state index in [-0.39, 0.29) is 33.6 Å². The molecule has 0 aliphatic carbocycles. The summed E-state index contributed by atoms with van der Waals surface area (Å²) in [6, 6.07) is 7.41. The van der Waals surface area contributed by atoms with Crippen molar-refractivity contribution < 1.29 is 18.8 Å². The van der Waals surface area contributed by atoms with Crippen LogP contribution in [-0.2, 0) is 0 Å². The lowest BCUT2D eigenvalue weighted by molar-refractivity contribution is -0.385. The number of nitrogens with zero attached hydrogens (tertiary/aromatic N) is 1. The molecule has 0 saturated heterocycles. The summed E-state index contributed by atoms with van der Waals surface area (Å²) < 4.78 is 19.0. The van der Waals surface area contributed by atoms with Gasteiger partial charge in [0.2, 0.25) is 5.75 Å². The van der Waals surface area contributed by atoms with Crippen LogP contribution in [0.1, 0.15) is 17.3 Å². The average molecular weight is 310 g/mol. The molecule has 5 nitrogen and oxygen atoms in total. The summed E-state index contributed by atoms with van der Waals surface area (Å²) in [5, 5.41) is 11.1. The molecule has 2 rings (SSSR count). The predicted molar refractivity (Wildman–Crippen MR) is 74.6 cm³/mol. The maximum atomic E-state index is 13.8. The first-order valence-corrected chi connectivity index (χ1v) is 6.18. The fraction of sp³-hybridized carbons (Fsp3) is 0.0714. The molecule has 0 N–H and O–H groups in total. The second kappa shape index (κ2) is 5.88. The van der Waals surface area contributed by atoms with Crippen LogP contribution in [0.25, 0.3) is 0 Å². The lowest BCUT2D eigenvalue weighted by Gasteiger charge is -2.08. The van der Waals surface area contributed by atoms with E-state index in [2.05, 4.69) is 0 Å². The number of hydrogen-bond donors (Lipinski definition) is 0. The monoisotopic (exact) mass is 309 g/mol. The normalized spacial score (nSPS) is 10.2. The number of ketones is 1. The third-order valence-corrected chi connectivity index (χ3v) is 2.91. The van der Waals surface area contributed by atoms with Gasteiger partial charge < -0.3 is 4.74 Å². The number of carbonyl (C=O) groups excluding carboxylic acids is 1. The SMILES string of the molecule is CC(=O)c1ccc(Oc2ccc(Cl)cc2[N+](=O)[O-])c(F)c1. The number of rotatable bonds is 4. The van der Waals surface area contributed by atoms with Gasteiger partial charge in [0.25, 0.3) is 0 Å². The van der Waals surface area contributed by atoms with Gasteiger partial charge in [0.05, 0.1) is 4.92 Å². The molecular formula is C14H9ClFNO4. The smallest absolute Gasteiger partial charge is 0.313 e. The van der Waals surface area contributed by atoms with Crippen LogP contribution in [0.15, 0.2) is 36.4 Å². The Morgan fingerprint density at radius 1 is 1.24 bits per heavy atom. The summed E-state index contributed by atoms with van der Waals surface area (Å²) in [4.78, 5) is 21.4. The van der Waals surface area contributed by atoms with Crippen LogP contribution in [0, 0.1) is 15.9 Å². The molecule has 0 saturated carbocycles. The number of nitro groups is 1. The van der Waals surface area contributed by atoms with Crippen molar-refractivity contribution in [2.24, 2.45) is 0 Å². The highest BCUT2D eigenvalue weighted by molar-refractivity contribution is 6.30. The number of nitro benzene ring substituents is 1. The Morgan fingerprint density at radius 2 is 1.90 bits per heavy atom. The van der Waals surface area contributed by atoms with Gasteiger partial charge in [0.15, 0.2) is 17.3 Å². The van der Waals surface area contributed by atoms with Crippen molar-refractivity contribution >= 4 is 23.1 Å². The van der Waals surface area contributed by atoms with E-state index in [4.69, 9.17) is 16.3 Å². The standard InChI is InChI=1S/C14H9ClFNO4/c1-8(18)9-2-4-13(11(16)6-9)21-14-5-3-10(15)7-12(14)17(19)20/h2-7H,1H3. The lowest BCUT2D eigenvalue weighted by atomic mass is 10.1. The summed E-state index contributed by atoms with van der Waals surface area (Å²) >= 11 is 5.68. The maximum absolute atomic E-state index is 13.8. The first-order chi connectivity index (χ1) is 9.88. The van der Waals surface area contributed by atoms with Gasteiger partial charge in [-0.1, -0.05) is 11.6 Å². The zero-order chi connectivity index (χ0) is 15.6. The molecule has 0 atom stereocenters. The molecule has 2 aromatic rings. The molecule has 0 aliphatic rings. The van der Waals surface area contributed by atoms with Gasteiger partial charge in [-0.25, -0.2) is 4.39 Å². The molecule has 0 radical (unpaired) electrons. The second-order valence-electron chi connectivity index (χ2n) is 4.17. The van der Waals surface area contributed by atoms with E-state index in [1.54, 1.807) is 0 Å². The Hall–Kier alpha value is -2.47. The van der Waals surface area contributed by atoms with Gasteiger partial charge in [-0.2, -0.15) is 0 Å². The molecule has 0 fully saturated rings. The Balaban J connectivity index is 2.39. The van der Waals surface area contributed by atoms with Gasteiger partial charge >= 0.3 is 5.69 Å². The van der Waals surface area contributed by atoms with Crippen molar-refractivity contribution in [2.45, 2.75) is 6.92 Å². The third-order valence-electron chi connectivity index (χ3n) is 2.68. The van der Waals surface area contributed by atoms with E-state index in [0.717, 1.165) is 12.1 Å². The Morgan fingerprint density at radius 3 is 2.48 bits per heavy atom. The van der Waals surface area contributed by atoms with E-state index < -0.39 is 10.7 Å². The minimum absolute atomic E-state index is 0.140. The first kappa shape index (κ1) is 14.9. The van der Waals surface area contributed by atoms with Crippen molar-refractivity contribution in [3.63, 3.8) is 0 Å². The van der Waals surface area contributed by atoms with Gasteiger partial charge in [0, 0.05) is 16.7 Å². The number of benzene rings is 2. The zero-order valence-electron chi connectivity index (χ0n) is 10.8. The molecule has 108 valence electrons. The van der Waals surface area contributed by atoms with Crippen LogP contribution in [0.2, 0.25) is 5.02 Å². The molecule has 21 heavy (non-hydrogen) atoms. The van der Waals surface area contributed by atoms with Crippen molar-refractivity contribution in [2.75, 3.05) is 0 Å². The topological polar surface area (TPSA) is 69.4 Å². The minimum Gasteiger partial charge on any atom is -0.447 e. The van der Waals surface area contributed by atoms with Crippen LogP contribution in [0.4, 0.5) is 10.1 Å². The van der Waals surface area contributed by atoms with E-state index in [1.807, 2.05) is 0 Å². The van der Waals surface area contributed by atoms with Crippen molar-refractivity contribution in [1.29, 1.82) is 0 Å². The fourth-order valence-corrected chi connectivity index (χ4v) is 1.81. The van der Waals surface area contributed by atoms with Gasteiger partial charge in [-0.05, 0) is 37.3 Å². The second-order valence-corrected chi connectivity index (χ2v) is 4.61. The molecule has 0 amide bonds. The molecule has 0 aliphatic heterocycles. The van der Waals surface area contributed by atoms with Crippen molar-refractivity contribution in [3.05, 3.63) is 62.9 Å². The summed E-state index contributed by atoms with van der Waals surface area (Å²) in [5.41, 5.74) is -0.192. The highest BCUT2D eigenvalue weighted by Crippen LogP contribution is 2.34. The molecule has 2 aromatic carbocycles. The fourth-order valence-electron chi connectivity index (χ4n) is 1.64. The van der Waals surface area contributed by atoms with Crippen LogP contribution in [0.3, 0.4) is 0 Å². The molecule has 7 heteroatoms.